The molecular weight excluding hydrogens is 753 g/mol. The predicted octanol–water partition coefficient (Wildman–Crippen LogP) is 1.86. The summed E-state index contributed by atoms with van der Waals surface area (Å²) in [6.07, 6.45) is 8.34. The van der Waals surface area contributed by atoms with Crippen LogP contribution in [0.3, 0.4) is 0 Å². The van der Waals surface area contributed by atoms with Crippen molar-refractivity contribution in [3.8, 4) is 6.07 Å². The number of nitriles is 1. The summed E-state index contributed by atoms with van der Waals surface area (Å²) >= 11 is 0. The minimum Gasteiger partial charge on any atom is -0.394 e. The number of nitrogens with one attached hydrogen (secondary N) is 5. The minimum absolute atomic E-state index is 0.0268. The molecule has 6 amide bonds. The number of carbonyl (C=O) groups is 6. The van der Waals surface area contributed by atoms with Gasteiger partial charge in [-0.05, 0) is 80.2 Å². The number of aromatic amines is 1. The number of aliphatic hydroxyl groups is 1. The van der Waals surface area contributed by atoms with Gasteiger partial charge in [-0.3, -0.25) is 28.8 Å². The van der Waals surface area contributed by atoms with Crippen LogP contribution in [0.4, 0.5) is 0 Å². The van der Waals surface area contributed by atoms with Crippen molar-refractivity contribution in [3.63, 3.8) is 0 Å². The summed E-state index contributed by atoms with van der Waals surface area (Å²) < 4.78 is 0. The third-order valence-corrected chi connectivity index (χ3v) is 13.4. The lowest BCUT2D eigenvalue weighted by Gasteiger charge is -2.38. The molecule has 1 spiro atoms. The Morgan fingerprint density at radius 3 is 2.24 bits per heavy atom. The first-order valence-electron chi connectivity index (χ1n) is 21.1. The fraction of sp³-hybridized carbons (Fsp3) is 0.523. The number of hydrogen-bond donors (Lipinski definition) is 6. The highest BCUT2D eigenvalue weighted by Crippen LogP contribution is 2.41. The molecule has 0 unspecified atom stereocenters. The van der Waals surface area contributed by atoms with Gasteiger partial charge in [0.2, 0.25) is 35.4 Å². The highest BCUT2D eigenvalue weighted by Gasteiger charge is 2.52. The summed E-state index contributed by atoms with van der Waals surface area (Å²) in [4.78, 5) is 93.5. The van der Waals surface area contributed by atoms with Gasteiger partial charge in [-0.1, -0.05) is 56.0 Å². The minimum atomic E-state index is -1.42. The van der Waals surface area contributed by atoms with E-state index in [0.29, 0.717) is 49.7 Å². The highest BCUT2D eigenvalue weighted by atomic mass is 16.3. The highest BCUT2D eigenvalue weighted by molar-refractivity contribution is 6.00. The number of nitrogens with zero attached hydrogens (tertiary/aromatic N) is 3. The maximum Gasteiger partial charge on any atom is 0.248 e. The summed E-state index contributed by atoms with van der Waals surface area (Å²) in [7, 11) is 0. The van der Waals surface area contributed by atoms with E-state index in [-0.39, 0.29) is 50.1 Å². The van der Waals surface area contributed by atoms with Crippen molar-refractivity contribution in [2.75, 3.05) is 13.2 Å². The van der Waals surface area contributed by atoms with Crippen LogP contribution < -0.4 is 21.3 Å². The van der Waals surface area contributed by atoms with E-state index in [9.17, 15) is 39.1 Å². The summed E-state index contributed by atoms with van der Waals surface area (Å²) in [6.45, 7) is -0.513. The molecule has 3 saturated heterocycles. The third kappa shape index (κ3) is 7.90. The van der Waals surface area contributed by atoms with E-state index in [4.69, 9.17) is 0 Å². The Labute approximate surface area is 342 Å². The molecule has 8 rings (SSSR count). The van der Waals surface area contributed by atoms with Gasteiger partial charge < -0.3 is 41.2 Å². The Bertz CT molecular complexity index is 2160. The Kier molecular flexibility index (Phi) is 11.4. The number of benzene rings is 2. The SMILES string of the molecule is N#Cc1ccc(C[C@@H]2NC(=O)[C@H]3C[C@H]4CCCC[C@H]4N3C(=O)[C@H]3CCCN3C(=O)[C@H](CO)NC(=O)[C@H](Cc3c[nH]c4ccccc34)NC(=O)C3(CCCC3)NC2=O)cc1. The van der Waals surface area contributed by atoms with E-state index in [2.05, 4.69) is 32.3 Å². The van der Waals surface area contributed by atoms with Crippen LogP contribution in [0.25, 0.3) is 10.9 Å². The van der Waals surface area contributed by atoms with Crippen LogP contribution in [0.1, 0.15) is 87.3 Å². The van der Waals surface area contributed by atoms with Gasteiger partial charge in [0.1, 0.15) is 35.7 Å². The number of aromatic nitrogens is 1. The Morgan fingerprint density at radius 2 is 1.47 bits per heavy atom. The third-order valence-electron chi connectivity index (χ3n) is 13.4. The number of fused-ring (bicyclic) bond motifs is 5. The second-order valence-corrected chi connectivity index (χ2v) is 17.0. The number of hydrogen-bond acceptors (Lipinski definition) is 8. The average molecular weight is 805 g/mol. The average Bonchev–Trinajstić information content (AvgIpc) is 4.08. The first kappa shape index (κ1) is 40.0. The van der Waals surface area contributed by atoms with Gasteiger partial charge in [-0.25, -0.2) is 0 Å². The molecule has 1 aromatic heterocycles. The quantitative estimate of drug-likeness (QED) is 0.223. The van der Waals surface area contributed by atoms with Crippen LogP contribution in [0, 0.1) is 17.2 Å². The first-order valence-corrected chi connectivity index (χ1v) is 21.1. The van der Waals surface area contributed by atoms with Crippen LogP contribution in [0.5, 0.6) is 0 Å². The molecule has 4 heterocycles. The van der Waals surface area contributed by atoms with Gasteiger partial charge in [-0.2, -0.15) is 5.26 Å². The number of aliphatic hydroxyl groups excluding tert-OH is 1. The lowest BCUT2D eigenvalue weighted by atomic mass is 9.84. The molecule has 310 valence electrons. The molecule has 7 atom stereocenters. The zero-order valence-corrected chi connectivity index (χ0v) is 33.1. The van der Waals surface area contributed by atoms with E-state index >= 15 is 0 Å². The largest absolute Gasteiger partial charge is 0.394 e. The molecule has 0 bridgehead atoms. The van der Waals surface area contributed by atoms with E-state index < -0.39 is 71.9 Å². The van der Waals surface area contributed by atoms with Crippen LogP contribution in [-0.2, 0) is 41.6 Å². The van der Waals surface area contributed by atoms with Crippen LogP contribution in [0.2, 0.25) is 0 Å². The summed E-state index contributed by atoms with van der Waals surface area (Å²) in [5.74, 6) is -3.24. The Balaban J connectivity index is 1.18. The van der Waals surface area contributed by atoms with E-state index in [1.165, 1.54) is 4.90 Å². The topological polar surface area (TPSA) is 217 Å². The van der Waals surface area contributed by atoms with E-state index in [1.807, 2.05) is 24.3 Å². The maximum atomic E-state index is 14.8. The fourth-order valence-electron chi connectivity index (χ4n) is 10.3. The van der Waals surface area contributed by atoms with Crippen molar-refractivity contribution in [2.24, 2.45) is 5.92 Å². The van der Waals surface area contributed by atoms with Crippen molar-refractivity contribution in [1.29, 1.82) is 5.26 Å². The van der Waals surface area contributed by atoms with Crippen LogP contribution in [0.15, 0.2) is 54.7 Å². The monoisotopic (exact) mass is 804 g/mol. The maximum absolute atomic E-state index is 14.8. The van der Waals surface area contributed by atoms with Crippen molar-refractivity contribution < 1.29 is 33.9 Å². The lowest BCUT2D eigenvalue weighted by molar-refractivity contribution is -0.150. The molecule has 3 aromatic rings. The van der Waals surface area contributed by atoms with Gasteiger partial charge in [0.25, 0.3) is 0 Å². The number of carbonyl (C=O) groups excluding carboxylic acids is 6. The smallest absolute Gasteiger partial charge is 0.248 e. The Hall–Kier alpha value is -5.75. The van der Waals surface area contributed by atoms with Crippen LogP contribution >= 0.6 is 0 Å². The fourth-order valence-corrected chi connectivity index (χ4v) is 10.3. The second-order valence-electron chi connectivity index (χ2n) is 17.0. The summed E-state index contributed by atoms with van der Waals surface area (Å²) in [5.41, 5.74) is 1.26. The molecule has 2 saturated carbocycles. The molecule has 6 N–H and O–H groups in total. The number of H-pyrrole nitrogens is 1. The Morgan fingerprint density at radius 1 is 0.746 bits per heavy atom. The second kappa shape index (κ2) is 16.8. The molecule has 2 aromatic carbocycles. The summed E-state index contributed by atoms with van der Waals surface area (Å²) in [6, 6.07) is 10.5. The van der Waals surface area contributed by atoms with Gasteiger partial charge in [0.05, 0.1) is 18.2 Å². The molecular formula is C44H52N8O7. The van der Waals surface area contributed by atoms with E-state index in [0.717, 1.165) is 35.7 Å². The predicted molar refractivity (Wildman–Crippen MR) is 215 cm³/mol. The van der Waals surface area contributed by atoms with Gasteiger partial charge in [-0.15, -0.1) is 0 Å². The van der Waals surface area contributed by atoms with Crippen molar-refractivity contribution >= 4 is 46.3 Å². The summed E-state index contributed by atoms with van der Waals surface area (Å²) in [5, 5.41) is 32.5. The number of rotatable bonds is 5. The zero-order valence-electron chi connectivity index (χ0n) is 33.1. The molecule has 15 nitrogen and oxygen atoms in total. The van der Waals surface area contributed by atoms with Crippen molar-refractivity contribution in [3.05, 3.63) is 71.4 Å². The van der Waals surface area contributed by atoms with Gasteiger partial charge in [0.15, 0.2) is 0 Å². The van der Waals surface area contributed by atoms with E-state index in [1.54, 1.807) is 35.4 Å². The number of para-hydroxylation sites is 1. The number of amides is 6. The van der Waals surface area contributed by atoms with Gasteiger partial charge >= 0.3 is 0 Å². The molecule has 5 aliphatic rings. The molecule has 5 fully saturated rings. The molecule has 3 aliphatic heterocycles. The first-order chi connectivity index (χ1) is 28.6. The standard InChI is InChI=1S/C44H52N8O7/c45-23-27-15-13-26(14-16-27)20-32-39(55)50-44(17-5-6-18-44)43(59)49-33(21-29-24-46-31-10-3-2-9-30(29)31)38(54)48-34(25-53)41(57)51-19-7-12-36(51)42(58)52-35-11-4-1-8-28(35)22-37(52)40(56)47-32/h2-3,9-10,13-16,24,28,32-37,46,53H,1,4-8,11-12,17-22,25H2,(H,47,56)(H,48,54)(H,49,59)(H,50,55)/t28-,32+,33+,34+,35-,36-,37-/m1/s1. The molecule has 59 heavy (non-hydrogen) atoms. The molecule has 2 aliphatic carbocycles. The lowest BCUT2D eigenvalue weighted by Crippen LogP contribution is -2.65. The van der Waals surface area contributed by atoms with Gasteiger partial charge in [0, 0.05) is 42.5 Å². The molecule has 15 heteroatoms. The zero-order chi connectivity index (χ0) is 41.3. The normalized spacial score (nSPS) is 29.1. The van der Waals surface area contributed by atoms with Crippen molar-refractivity contribution in [2.45, 2.75) is 125 Å². The van der Waals surface area contributed by atoms with Crippen LogP contribution in [-0.4, -0.2) is 110 Å². The molecule has 0 radical (unpaired) electrons. The van der Waals surface area contributed by atoms with Crippen molar-refractivity contribution in [1.82, 2.24) is 36.1 Å².